The van der Waals surface area contributed by atoms with Crippen LogP contribution in [0.3, 0.4) is 0 Å². The molecule has 19 heavy (non-hydrogen) atoms. The highest BCUT2D eigenvalue weighted by atomic mass is 35.5. The molecule has 0 aliphatic heterocycles. The maximum atomic E-state index is 6.15. The number of hydrogen-bond acceptors (Lipinski definition) is 1. The number of halogens is 2. The summed E-state index contributed by atoms with van der Waals surface area (Å²) in [5, 5.41) is 0.775. The number of benzene rings is 1. The predicted octanol–water partition coefficient (Wildman–Crippen LogP) is 4.83. The molecule has 0 saturated heterocycles. The fourth-order valence-corrected chi connectivity index (χ4v) is 3.59. The van der Waals surface area contributed by atoms with Gasteiger partial charge in [-0.2, -0.15) is 0 Å². The van der Waals surface area contributed by atoms with Gasteiger partial charge in [0.1, 0.15) is 5.82 Å². The second kappa shape index (κ2) is 5.34. The number of aryl methyl sites for hydroxylation is 1. The van der Waals surface area contributed by atoms with Crippen LogP contribution in [0.25, 0.3) is 11.0 Å². The maximum Gasteiger partial charge on any atom is 0.111 e. The van der Waals surface area contributed by atoms with E-state index >= 15 is 0 Å². The Balaban J connectivity index is 2.17. The Labute approximate surface area is 123 Å². The molecule has 1 fully saturated rings. The molecule has 2 aromatic rings. The highest BCUT2D eigenvalue weighted by Gasteiger charge is 2.28. The number of alkyl halides is 1. The molecular formula is C15H18Cl2N2. The summed E-state index contributed by atoms with van der Waals surface area (Å²) >= 11 is 12.1. The van der Waals surface area contributed by atoms with Crippen LogP contribution in [0.4, 0.5) is 0 Å². The van der Waals surface area contributed by atoms with Crippen LogP contribution in [0, 0.1) is 5.92 Å². The first-order valence-corrected chi connectivity index (χ1v) is 7.84. The van der Waals surface area contributed by atoms with Crippen molar-refractivity contribution in [2.75, 3.05) is 5.88 Å². The average molecular weight is 297 g/mol. The molecule has 1 saturated carbocycles. The number of rotatable bonds is 3. The third-order valence-corrected chi connectivity index (χ3v) is 4.61. The number of hydrogen-bond donors (Lipinski definition) is 0. The largest absolute Gasteiger partial charge is 0.325 e. The topological polar surface area (TPSA) is 17.8 Å². The van der Waals surface area contributed by atoms with Gasteiger partial charge in [-0.3, -0.25) is 0 Å². The molecule has 0 spiro atoms. The van der Waals surface area contributed by atoms with E-state index in [9.17, 15) is 0 Å². The van der Waals surface area contributed by atoms with E-state index in [1.807, 2.05) is 18.2 Å². The summed E-state index contributed by atoms with van der Waals surface area (Å²) in [5.41, 5.74) is 2.19. The van der Waals surface area contributed by atoms with E-state index in [1.165, 1.54) is 19.3 Å². The van der Waals surface area contributed by atoms with E-state index in [-0.39, 0.29) is 0 Å². The van der Waals surface area contributed by atoms with Gasteiger partial charge in [-0.05, 0) is 37.0 Å². The van der Waals surface area contributed by atoms with Crippen molar-refractivity contribution in [2.45, 2.75) is 38.6 Å². The van der Waals surface area contributed by atoms with Gasteiger partial charge in [-0.15, -0.1) is 11.6 Å². The van der Waals surface area contributed by atoms with Crippen LogP contribution >= 0.6 is 23.2 Å². The van der Waals surface area contributed by atoms with Crippen molar-refractivity contribution in [1.29, 1.82) is 0 Å². The van der Waals surface area contributed by atoms with Gasteiger partial charge in [0.25, 0.3) is 0 Å². The summed E-state index contributed by atoms with van der Waals surface area (Å²) in [6.45, 7) is 2.33. The van der Waals surface area contributed by atoms with Crippen LogP contribution in [0.5, 0.6) is 0 Å². The molecule has 1 heterocycles. The number of fused-ring (bicyclic) bond motifs is 1. The van der Waals surface area contributed by atoms with Crippen LogP contribution in [-0.2, 0) is 6.42 Å². The standard InChI is InChI=1S/C15H18Cl2N2/c1-10-3-2-4-13(10)19-14-9-11(17)5-6-12(14)18-15(19)7-8-16/h5-6,9-10,13H,2-4,7-8H2,1H3. The fourth-order valence-electron chi connectivity index (χ4n) is 3.26. The van der Waals surface area contributed by atoms with Gasteiger partial charge in [-0.1, -0.05) is 24.9 Å². The van der Waals surface area contributed by atoms with Crippen LogP contribution in [0.2, 0.25) is 5.02 Å². The van der Waals surface area contributed by atoms with Crippen molar-refractivity contribution in [1.82, 2.24) is 9.55 Å². The molecule has 2 nitrogen and oxygen atoms in total. The first-order chi connectivity index (χ1) is 9.20. The molecule has 0 radical (unpaired) electrons. The van der Waals surface area contributed by atoms with E-state index in [1.54, 1.807) is 0 Å². The van der Waals surface area contributed by atoms with Gasteiger partial charge in [0.05, 0.1) is 11.0 Å². The first kappa shape index (κ1) is 13.3. The van der Waals surface area contributed by atoms with Crippen molar-refractivity contribution in [2.24, 2.45) is 5.92 Å². The van der Waals surface area contributed by atoms with Crippen molar-refractivity contribution >= 4 is 34.2 Å². The molecule has 4 heteroatoms. The Hall–Kier alpha value is -0.730. The van der Waals surface area contributed by atoms with Gasteiger partial charge in [0, 0.05) is 23.4 Å². The number of nitrogens with zero attached hydrogens (tertiary/aromatic N) is 2. The van der Waals surface area contributed by atoms with Crippen molar-refractivity contribution in [3.63, 3.8) is 0 Å². The summed E-state index contributed by atoms with van der Waals surface area (Å²) < 4.78 is 2.39. The van der Waals surface area contributed by atoms with Gasteiger partial charge in [0.2, 0.25) is 0 Å². The zero-order valence-electron chi connectivity index (χ0n) is 11.1. The Morgan fingerprint density at radius 1 is 1.37 bits per heavy atom. The maximum absolute atomic E-state index is 6.15. The van der Waals surface area contributed by atoms with Crippen molar-refractivity contribution < 1.29 is 0 Å². The van der Waals surface area contributed by atoms with Crippen LogP contribution in [0.1, 0.15) is 38.1 Å². The van der Waals surface area contributed by atoms with E-state index in [2.05, 4.69) is 11.5 Å². The molecule has 1 aliphatic carbocycles. The van der Waals surface area contributed by atoms with E-state index < -0.39 is 0 Å². The van der Waals surface area contributed by atoms with Crippen LogP contribution in [0.15, 0.2) is 18.2 Å². The third-order valence-electron chi connectivity index (χ3n) is 4.19. The molecule has 0 bridgehead atoms. The first-order valence-electron chi connectivity index (χ1n) is 6.93. The zero-order chi connectivity index (χ0) is 13.4. The van der Waals surface area contributed by atoms with Gasteiger partial charge in [-0.25, -0.2) is 4.98 Å². The SMILES string of the molecule is CC1CCCC1n1c(CCCl)nc2ccc(Cl)cc21. The van der Waals surface area contributed by atoms with Crippen LogP contribution in [-0.4, -0.2) is 15.4 Å². The highest BCUT2D eigenvalue weighted by molar-refractivity contribution is 6.31. The fraction of sp³-hybridized carbons (Fsp3) is 0.533. The monoisotopic (exact) mass is 296 g/mol. The average Bonchev–Trinajstić information content (AvgIpc) is 2.93. The molecule has 0 N–H and O–H groups in total. The summed E-state index contributed by atoms with van der Waals surface area (Å²) in [4.78, 5) is 4.74. The third kappa shape index (κ3) is 2.36. The van der Waals surface area contributed by atoms with E-state index in [0.29, 0.717) is 17.8 Å². The molecule has 102 valence electrons. The molecular weight excluding hydrogens is 279 g/mol. The van der Waals surface area contributed by atoms with Gasteiger partial charge in [0.15, 0.2) is 0 Å². The molecule has 0 amide bonds. The second-order valence-corrected chi connectivity index (χ2v) is 6.26. The normalized spacial score (nSPS) is 23.3. The summed E-state index contributed by atoms with van der Waals surface area (Å²) in [6.07, 6.45) is 4.64. The minimum atomic E-state index is 0.543. The smallest absolute Gasteiger partial charge is 0.111 e. The molecule has 1 aromatic carbocycles. The lowest BCUT2D eigenvalue weighted by molar-refractivity contribution is 0.406. The predicted molar refractivity (Wildman–Crippen MR) is 81.2 cm³/mol. The molecule has 2 atom stereocenters. The summed E-state index contributed by atoms with van der Waals surface area (Å²) in [5.74, 6) is 2.41. The number of imidazole rings is 1. The Morgan fingerprint density at radius 2 is 2.21 bits per heavy atom. The Morgan fingerprint density at radius 3 is 2.89 bits per heavy atom. The lowest BCUT2D eigenvalue weighted by Gasteiger charge is -2.21. The lowest BCUT2D eigenvalue weighted by atomic mass is 10.1. The van der Waals surface area contributed by atoms with E-state index in [4.69, 9.17) is 28.2 Å². The van der Waals surface area contributed by atoms with Crippen LogP contribution < -0.4 is 0 Å². The van der Waals surface area contributed by atoms with Crippen molar-refractivity contribution in [3.05, 3.63) is 29.0 Å². The number of aromatic nitrogens is 2. The minimum absolute atomic E-state index is 0.543. The molecule has 2 unspecified atom stereocenters. The molecule has 1 aromatic heterocycles. The molecule has 1 aliphatic rings. The zero-order valence-corrected chi connectivity index (χ0v) is 12.6. The van der Waals surface area contributed by atoms with Gasteiger partial charge < -0.3 is 4.57 Å². The quantitative estimate of drug-likeness (QED) is 0.742. The van der Waals surface area contributed by atoms with Gasteiger partial charge >= 0.3 is 0 Å². The minimum Gasteiger partial charge on any atom is -0.325 e. The Bertz CT molecular complexity index is 591. The lowest BCUT2D eigenvalue weighted by Crippen LogP contribution is -2.15. The van der Waals surface area contributed by atoms with Crippen molar-refractivity contribution in [3.8, 4) is 0 Å². The Kier molecular flexibility index (Phi) is 3.72. The second-order valence-electron chi connectivity index (χ2n) is 5.45. The van der Waals surface area contributed by atoms with E-state index in [0.717, 1.165) is 28.3 Å². The summed E-state index contributed by atoms with van der Waals surface area (Å²) in [7, 11) is 0. The summed E-state index contributed by atoms with van der Waals surface area (Å²) in [6, 6.07) is 6.49. The highest BCUT2D eigenvalue weighted by Crippen LogP contribution is 2.38. The molecule has 3 rings (SSSR count).